The van der Waals surface area contributed by atoms with Crippen LogP contribution >= 0.6 is 11.3 Å². The van der Waals surface area contributed by atoms with Crippen LogP contribution in [0, 0.1) is 0 Å². The normalized spacial score (nSPS) is 19.1. The number of benzene rings is 1. The predicted octanol–water partition coefficient (Wildman–Crippen LogP) is 3.46. The van der Waals surface area contributed by atoms with Crippen molar-refractivity contribution in [2.45, 2.75) is 31.9 Å². The lowest BCUT2D eigenvalue weighted by Crippen LogP contribution is -2.38. The fourth-order valence-corrected chi connectivity index (χ4v) is 3.96. The van der Waals surface area contributed by atoms with Gasteiger partial charge >= 0.3 is 6.03 Å². The molecule has 26 heavy (non-hydrogen) atoms. The first-order chi connectivity index (χ1) is 12.7. The van der Waals surface area contributed by atoms with Crippen LogP contribution in [0.25, 0.3) is 0 Å². The van der Waals surface area contributed by atoms with Gasteiger partial charge in [-0.15, -0.1) is 11.3 Å². The second-order valence-corrected chi connectivity index (χ2v) is 7.50. The lowest BCUT2D eigenvalue weighted by molar-refractivity contribution is -0.124. The Morgan fingerprint density at radius 2 is 2.12 bits per heavy atom. The molecule has 6 nitrogen and oxygen atoms in total. The molecule has 0 spiro atoms. The Balaban J connectivity index is 1.42. The maximum Gasteiger partial charge on any atom is 0.322 e. The molecule has 2 aliphatic rings. The highest BCUT2D eigenvalue weighted by Gasteiger charge is 2.25. The number of carbonyl (C=O) groups excluding carboxylic acids is 2. The lowest BCUT2D eigenvalue weighted by atomic mass is 9.99. The number of rotatable bonds is 3. The summed E-state index contributed by atoms with van der Waals surface area (Å²) in [6.45, 7) is 1.87. The minimum absolute atomic E-state index is 0.0908. The summed E-state index contributed by atoms with van der Waals surface area (Å²) in [5.41, 5.74) is 3.05. The maximum absolute atomic E-state index is 12.4. The second kappa shape index (κ2) is 7.47. The number of fused-ring (bicyclic) bond motifs is 1. The van der Waals surface area contributed by atoms with Crippen molar-refractivity contribution in [2.75, 3.05) is 23.8 Å². The molecule has 0 bridgehead atoms. The summed E-state index contributed by atoms with van der Waals surface area (Å²) in [5.74, 6) is -0.0921. The number of carbonyl (C=O) groups is 2. The molecule has 1 saturated heterocycles. The average Bonchev–Trinajstić information content (AvgIpc) is 3.35. The molecule has 3 heterocycles. The first kappa shape index (κ1) is 17.1. The third-order valence-electron chi connectivity index (χ3n) is 4.75. The van der Waals surface area contributed by atoms with Gasteiger partial charge in [0, 0.05) is 25.4 Å². The maximum atomic E-state index is 12.4. The number of nitrogens with one attached hydrogen (secondary N) is 2. The SMILES string of the molecule is O=C(Nc1ccc2c(c1)CN(C(=O)Nc1cccs1)CC2)C1CCCO1. The molecular formula is C19H21N3O3S. The summed E-state index contributed by atoms with van der Waals surface area (Å²) in [5, 5.41) is 8.64. The zero-order valence-electron chi connectivity index (χ0n) is 14.4. The second-order valence-electron chi connectivity index (χ2n) is 6.55. The quantitative estimate of drug-likeness (QED) is 0.868. The first-order valence-electron chi connectivity index (χ1n) is 8.83. The van der Waals surface area contributed by atoms with E-state index < -0.39 is 0 Å². The molecule has 2 aliphatic heterocycles. The molecule has 2 N–H and O–H groups in total. The van der Waals surface area contributed by atoms with Crippen LogP contribution in [0.15, 0.2) is 35.7 Å². The molecule has 7 heteroatoms. The average molecular weight is 371 g/mol. The van der Waals surface area contributed by atoms with E-state index in [2.05, 4.69) is 10.6 Å². The molecule has 0 aliphatic carbocycles. The number of urea groups is 1. The summed E-state index contributed by atoms with van der Waals surface area (Å²) in [7, 11) is 0. The highest BCUT2D eigenvalue weighted by atomic mass is 32.1. The third kappa shape index (κ3) is 3.73. The van der Waals surface area contributed by atoms with E-state index in [0.29, 0.717) is 19.7 Å². The van der Waals surface area contributed by atoms with Crippen LogP contribution in [0.4, 0.5) is 15.5 Å². The number of hydrogen-bond donors (Lipinski definition) is 2. The molecule has 0 saturated carbocycles. The Morgan fingerprint density at radius 1 is 1.19 bits per heavy atom. The highest BCUT2D eigenvalue weighted by Crippen LogP contribution is 2.25. The Labute approximate surface area is 156 Å². The van der Waals surface area contributed by atoms with Gasteiger partial charge in [-0.2, -0.15) is 0 Å². The van der Waals surface area contributed by atoms with Crippen molar-refractivity contribution in [3.8, 4) is 0 Å². The number of ether oxygens (including phenoxy) is 1. The van der Waals surface area contributed by atoms with E-state index in [1.807, 2.05) is 35.7 Å². The fourth-order valence-electron chi connectivity index (χ4n) is 3.35. The molecule has 3 amide bonds. The largest absolute Gasteiger partial charge is 0.368 e. The van der Waals surface area contributed by atoms with Crippen LogP contribution < -0.4 is 10.6 Å². The standard InChI is InChI=1S/C19H21N3O3S/c23-18(16-3-1-9-25-16)20-15-6-5-13-7-8-22(12-14(13)11-15)19(24)21-17-4-2-10-26-17/h2,4-6,10-11,16H,1,3,7-9,12H2,(H,20,23)(H,21,24). The minimum Gasteiger partial charge on any atom is -0.368 e. The third-order valence-corrected chi connectivity index (χ3v) is 5.53. The van der Waals surface area contributed by atoms with Crippen LogP contribution in [0.5, 0.6) is 0 Å². The lowest BCUT2D eigenvalue weighted by Gasteiger charge is -2.29. The van der Waals surface area contributed by atoms with E-state index in [1.165, 1.54) is 16.9 Å². The van der Waals surface area contributed by atoms with Gasteiger partial charge in [-0.3, -0.25) is 10.1 Å². The molecule has 1 unspecified atom stereocenters. The summed E-state index contributed by atoms with van der Waals surface area (Å²) in [6.07, 6.45) is 2.16. The molecule has 1 fully saturated rings. The van der Waals surface area contributed by atoms with Crippen molar-refractivity contribution in [3.05, 3.63) is 46.8 Å². The number of nitrogens with zero attached hydrogens (tertiary/aromatic N) is 1. The molecule has 1 atom stereocenters. The number of hydrogen-bond acceptors (Lipinski definition) is 4. The van der Waals surface area contributed by atoms with Crippen LogP contribution in [0.1, 0.15) is 24.0 Å². The molecule has 136 valence electrons. The molecule has 1 aromatic heterocycles. The van der Waals surface area contributed by atoms with E-state index in [0.717, 1.165) is 35.5 Å². The van der Waals surface area contributed by atoms with Crippen molar-refractivity contribution in [1.82, 2.24) is 4.90 Å². The molecular weight excluding hydrogens is 350 g/mol. The molecule has 1 aromatic carbocycles. The van der Waals surface area contributed by atoms with Crippen molar-refractivity contribution >= 4 is 34.0 Å². The van der Waals surface area contributed by atoms with Crippen molar-refractivity contribution in [3.63, 3.8) is 0 Å². The van der Waals surface area contributed by atoms with E-state index >= 15 is 0 Å². The molecule has 2 aromatic rings. The van der Waals surface area contributed by atoms with Gasteiger partial charge in [0.25, 0.3) is 5.91 Å². The number of thiophene rings is 1. The van der Waals surface area contributed by atoms with Crippen LogP contribution in [-0.2, 0) is 22.5 Å². The predicted molar refractivity (Wildman–Crippen MR) is 101 cm³/mol. The highest BCUT2D eigenvalue weighted by molar-refractivity contribution is 7.14. The van der Waals surface area contributed by atoms with Crippen LogP contribution in [-0.4, -0.2) is 36.1 Å². The summed E-state index contributed by atoms with van der Waals surface area (Å²) >= 11 is 1.50. The van der Waals surface area contributed by atoms with Gasteiger partial charge in [-0.25, -0.2) is 4.79 Å². The van der Waals surface area contributed by atoms with E-state index in [4.69, 9.17) is 4.74 Å². The smallest absolute Gasteiger partial charge is 0.322 e. The minimum atomic E-state index is -0.348. The summed E-state index contributed by atoms with van der Waals surface area (Å²) in [6, 6.07) is 9.63. The van der Waals surface area contributed by atoms with Crippen molar-refractivity contribution < 1.29 is 14.3 Å². The van der Waals surface area contributed by atoms with Gasteiger partial charge in [0.1, 0.15) is 6.10 Å². The van der Waals surface area contributed by atoms with Gasteiger partial charge in [-0.1, -0.05) is 6.07 Å². The van der Waals surface area contributed by atoms with Crippen LogP contribution in [0.3, 0.4) is 0 Å². The van der Waals surface area contributed by atoms with Gasteiger partial charge in [0.05, 0.1) is 5.00 Å². The molecule has 4 rings (SSSR count). The molecule has 0 radical (unpaired) electrons. The number of anilines is 2. The van der Waals surface area contributed by atoms with Crippen LogP contribution in [0.2, 0.25) is 0 Å². The fraction of sp³-hybridized carbons (Fsp3) is 0.368. The van der Waals surface area contributed by atoms with E-state index in [9.17, 15) is 9.59 Å². The summed E-state index contributed by atoms with van der Waals surface area (Å²) < 4.78 is 5.43. The Morgan fingerprint density at radius 3 is 2.88 bits per heavy atom. The van der Waals surface area contributed by atoms with Gasteiger partial charge in [0.2, 0.25) is 0 Å². The number of amides is 3. The van der Waals surface area contributed by atoms with Crippen molar-refractivity contribution in [2.24, 2.45) is 0 Å². The van der Waals surface area contributed by atoms with Gasteiger partial charge in [-0.05, 0) is 60.0 Å². The monoisotopic (exact) mass is 371 g/mol. The van der Waals surface area contributed by atoms with E-state index in [1.54, 1.807) is 4.90 Å². The van der Waals surface area contributed by atoms with Crippen molar-refractivity contribution in [1.29, 1.82) is 0 Å². The Hall–Kier alpha value is -2.38. The Kier molecular flexibility index (Phi) is 4.90. The zero-order valence-corrected chi connectivity index (χ0v) is 15.2. The topological polar surface area (TPSA) is 70.7 Å². The summed E-state index contributed by atoms with van der Waals surface area (Å²) in [4.78, 5) is 26.5. The Bertz CT molecular complexity index is 800. The zero-order chi connectivity index (χ0) is 17.9. The first-order valence-corrected chi connectivity index (χ1v) is 9.71. The van der Waals surface area contributed by atoms with E-state index in [-0.39, 0.29) is 18.0 Å². The van der Waals surface area contributed by atoms with Gasteiger partial charge in [0.15, 0.2) is 0 Å². The van der Waals surface area contributed by atoms with Gasteiger partial charge < -0.3 is 15.0 Å².